The molecule has 1 aromatic carbocycles. The molecule has 1 amide bonds. The highest BCUT2D eigenvalue weighted by Gasteiger charge is 2.20. The molecule has 7 heteroatoms. The maximum atomic E-state index is 12.7. The van der Waals surface area contributed by atoms with Crippen LogP contribution >= 0.6 is 0 Å². The quantitative estimate of drug-likeness (QED) is 0.653. The summed E-state index contributed by atoms with van der Waals surface area (Å²) in [5.74, 6) is 1.44. The van der Waals surface area contributed by atoms with Crippen molar-refractivity contribution in [2.24, 2.45) is 0 Å². The van der Waals surface area contributed by atoms with Gasteiger partial charge in [-0.3, -0.25) is 4.79 Å². The Morgan fingerprint density at radius 1 is 1.10 bits per heavy atom. The van der Waals surface area contributed by atoms with Crippen LogP contribution in [0, 0.1) is 0 Å². The Kier molecular flexibility index (Phi) is 7.65. The van der Waals surface area contributed by atoms with Crippen LogP contribution in [0.15, 0.2) is 42.6 Å². The Hall–Kier alpha value is -3.09. The average molecular weight is 412 g/mol. The second kappa shape index (κ2) is 10.6. The third-order valence-corrected chi connectivity index (χ3v) is 5.19. The maximum absolute atomic E-state index is 12.7. The molecular formula is C23H29N3O4. The van der Waals surface area contributed by atoms with E-state index in [4.69, 9.17) is 9.47 Å². The largest absolute Gasteiger partial charge is 0.497 e. The lowest BCUT2D eigenvalue weighted by molar-refractivity contribution is -0.130. The van der Waals surface area contributed by atoms with Crippen molar-refractivity contribution in [2.75, 3.05) is 44.8 Å². The van der Waals surface area contributed by atoms with Crippen molar-refractivity contribution < 1.29 is 19.1 Å². The molecule has 0 aliphatic carbocycles. The topological polar surface area (TPSA) is 72.0 Å². The van der Waals surface area contributed by atoms with Gasteiger partial charge in [-0.1, -0.05) is 12.1 Å². The summed E-state index contributed by atoms with van der Waals surface area (Å²) < 4.78 is 10.2. The first-order valence-corrected chi connectivity index (χ1v) is 10.4. The first kappa shape index (κ1) is 21.6. The molecule has 2 aromatic rings. The van der Waals surface area contributed by atoms with Gasteiger partial charge < -0.3 is 19.3 Å². The third kappa shape index (κ3) is 5.72. The van der Waals surface area contributed by atoms with Gasteiger partial charge in [0.1, 0.15) is 11.6 Å². The highest BCUT2D eigenvalue weighted by atomic mass is 16.5. The average Bonchev–Trinajstić information content (AvgIpc) is 3.04. The van der Waals surface area contributed by atoms with Crippen LogP contribution in [0.2, 0.25) is 0 Å². The highest BCUT2D eigenvalue weighted by molar-refractivity contribution is 5.89. The number of aryl methyl sites for hydroxylation is 1. The minimum absolute atomic E-state index is 0.172. The van der Waals surface area contributed by atoms with E-state index in [-0.39, 0.29) is 11.9 Å². The lowest BCUT2D eigenvalue weighted by atomic mass is 10.1. The number of ether oxygens (including phenoxy) is 2. The first-order valence-electron chi connectivity index (χ1n) is 10.4. The van der Waals surface area contributed by atoms with E-state index >= 15 is 0 Å². The summed E-state index contributed by atoms with van der Waals surface area (Å²) in [5, 5.41) is 0. The molecule has 0 radical (unpaired) electrons. The molecule has 1 fully saturated rings. The van der Waals surface area contributed by atoms with E-state index < -0.39 is 0 Å². The van der Waals surface area contributed by atoms with Gasteiger partial charge in [0.05, 0.1) is 19.3 Å². The van der Waals surface area contributed by atoms with Crippen LogP contribution in [0.5, 0.6) is 5.75 Å². The highest BCUT2D eigenvalue weighted by Crippen LogP contribution is 2.17. The van der Waals surface area contributed by atoms with E-state index in [2.05, 4.69) is 9.88 Å². The SMILES string of the molecule is CCOC(=O)c1ccc(N2CCCN(C(=O)CCc3cccc(OC)c3)CC2)nc1. The number of rotatable bonds is 7. The summed E-state index contributed by atoms with van der Waals surface area (Å²) in [7, 11) is 1.65. The van der Waals surface area contributed by atoms with Gasteiger partial charge in [-0.15, -0.1) is 0 Å². The third-order valence-electron chi connectivity index (χ3n) is 5.19. The van der Waals surface area contributed by atoms with Crippen molar-refractivity contribution >= 4 is 17.7 Å². The van der Waals surface area contributed by atoms with Crippen molar-refractivity contribution in [1.29, 1.82) is 0 Å². The summed E-state index contributed by atoms with van der Waals surface area (Å²) >= 11 is 0. The molecule has 1 aliphatic heterocycles. The molecule has 0 bridgehead atoms. The number of anilines is 1. The van der Waals surface area contributed by atoms with Gasteiger partial charge in [-0.2, -0.15) is 0 Å². The lowest BCUT2D eigenvalue weighted by Crippen LogP contribution is -2.35. The van der Waals surface area contributed by atoms with E-state index in [1.165, 1.54) is 0 Å². The molecule has 0 N–H and O–H groups in total. The molecule has 0 atom stereocenters. The molecule has 1 aromatic heterocycles. The molecular weight excluding hydrogens is 382 g/mol. The second-order valence-electron chi connectivity index (χ2n) is 7.20. The molecule has 1 saturated heterocycles. The number of methoxy groups -OCH3 is 1. The summed E-state index contributed by atoms with van der Waals surface area (Å²) in [6.07, 6.45) is 3.62. The Morgan fingerprint density at radius 2 is 1.97 bits per heavy atom. The van der Waals surface area contributed by atoms with Gasteiger partial charge in [0.2, 0.25) is 5.91 Å². The summed E-state index contributed by atoms with van der Waals surface area (Å²) in [5.41, 5.74) is 1.55. The predicted molar refractivity (Wildman–Crippen MR) is 115 cm³/mol. The molecule has 1 aliphatic rings. The first-order chi connectivity index (χ1) is 14.6. The zero-order valence-corrected chi connectivity index (χ0v) is 17.7. The van der Waals surface area contributed by atoms with Crippen LogP contribution < -0.4 is 9.64 Å². The van der Waals surface area contributed by atoms with Crippen LogP contribution in [0.25, 0.3) is 0 Å². The van der Waals surface area contributed by atoms with E-state index in [0.717, 1.165) is 43.2 Å². The monoisotopic (exact) mass is 411 g/mol. The minimum atomic E-state index is -0.361. The Labute approximate surface area is 177 Å². The number of nitrogens with zero attached hydrogens (tertiary/aromatic N) is 3. The zero-order chi connectivity index (χ0) is 21.3. The van der Waals surface area contributed by atoms with E-state index in [0.29, 0.717) is 31.6 Å². The summed E-state index contributed by atoms with van der Waals surface area (Å²) in [4.78, 5) is 33.0. The molecule has 3 rings (SSSR count). The number of esters is 1. The Balaban J connectivity index is 1.52. The zero-order valence-electron chi connectivity index (χ0n) is 17.7. The molecule has 160 valence electrons. The Morgan fingerprint density at radius 3 is 2.70 bits per heavy atom. The van der Waals surface area contributed by atoms with Crippen LogP contribution in [0.4, 0.5) is 5.82 Å². The smallest absolute Gasteiger partial charge is 0.339 e. The van der Waals surface area contributed by atoms with E-state index in [9.17, 15) is 9.59 Å². The number of carbonyl (C=O) groups is 2. The molecule has 7 nitrogen and oxygen atoms in total. The van der Waals surface area contributed by atoms with Gasteiger partial charge in [0.25, 0.3) is 0 Å². The van der Waals surface area contributed by atoms with Gasteiger partial charge in [0, 0.05) is 38.8 Å². The van der Waals surface area contributed by atoms with E-state index in [1.807, 2.05) is 35.2 Å². The predicted octanol–water partition coefficient (Wildman–Crippen LogP) is 2.94. The number of aromatic nitrogens is 1. The maximum Gasteiger partial charge on any atom is 0.339 e. The lowest BCUT2D eigenvalue weighted by Gasteiger charge is -2.23. The summed E-state index contributed by atoms with van der Waals surface area (Å²) in [6, 6.07) is 11.4. The number of pyridine rings is 1. The Bertz CT molecular complexity index is 854. The molecule has 0 saturated carbocycles. The van der Waals surface area contributed by atoms with Crippen LogP contribution in [0.3, 0.4) is 0 Å². The fourth-order valence-electron chi connectivity index (χ4n) is 3.54. The standard InChI is InChI=1S/C23H29N3O4/c1-3-30-23(28)19-9-10-21(24-17-19)25-12-5-13-26(15-14-25)22(27)11-8-18-6-4-7-20(16-18)29-2/h4,6-7,9-10,16-17H,3,5,8,11-15H2,1-2H3. The number of carbonyl (C=O) groups excluding carboxylic acids is 2. The number of hydrogen-bond acceptors (Lipinski definition) is 6. The van der Waals surface area contributed by atoms with Crippen molar-refractivity contribution in [3.63, 3.8) is 0 Å². The van der Waals surface area contributed by atoms with Gasteiger partial charge in [0.15, 0.2) is 0 Å². The molecule has 0 spiro atoms. The number of hydrogen-bond donors (Lipinski definition) is 0. The second-order valence-corrected chi connectivity index (χ2v) is 7.20. The van der Waals surface area contributed by atoms with Gasteiger partial charge >= 0.3 is 5.97 Å². The van der Waals surface area contributed by atoms with E-state index in [1.54, 1.807) is 26.3 Å². The van der Waals surface area contributed by atoms with Crippen LogP contribution in [-0.4, -0.2) is 61.7 Å². The minimum Gasteiger partial charge on any atom is -0.497 e. The normalized spacial score (nSPS) is 14.2. The fraction of sp³-hybridized carbons (Fsp3) is 0.435. The van der Waals surface area contributed by atoms with Crippen molar-refractivity contribution in [3.05, 3.63) is 53.7 Å². The van der Waals surface area contributed by atoms with Crippen molar-refractivity contribution in [3.8, 4) is 5.75 Å². The van der Waals surface area contributed by atoms with Crippen LogP contribution in [0.1, 0.15) is 35.7 Å². The number of amides is 1. The van der Waals surface area contributed by atoms with Gasteiger partial charge in [-0.25, -0.2) is 9.78 Å². The van der Waals surface area contributed by atoms with Crippen LogP contribution in [-0.2, 0) is 16.0 Å². The molecule has 0 unspecified atom stereocenters. The molecule has 2 heterocycles. The fourth-order valence-corrected chi connectivity index (χ4v) is 3.54. The van der Waals surface area contributed by atoms with Gasteiger partial charge in [-0.05, 0) is 49.6 Å². The van der Waals surface area contributed by atoms with Crippen molar-refractivity contribution in [1.82, 2.24) is 9.88 Å². The summed E-state index contributed by atoms with van der Waals surface area (Å²) in [6.45, 7) is 5.07. The van der Waals surface area contributed by atoms with Crippen molar-refractivity contribution in [2.45, 2.75) is 26.2 Å². The molecule has 30 heavy (non-hydrogen) atoms. The number of benzene rings is 1.